The van der Waals surface area contributed by atoms with Gasteiger partial charge in [0, 0.05) is 5.88 Å². The molecule has 2 heteroatoms. The van der Waals surface area contributed by atoms with Crippen LogP contribution in [0.3, 0.4) is 0 Å². The van der Waals surface area contributed by atoms with Gasteiger partial charge in [0.2, 0.25) is 0 Å². The standard InChI is InChI=1S/C5H9ClO/c1-4(2-6)5-3-7-5/h4-5H,2-3H2,1H3. The van der Waals surface area contributed by atoms with Crippen LogP contribution in [0.4, 0.5) is 0 Å². The van der Waals surface area contributed by atoms with E-state index in [4.69, 9.17) is 16.3 Å². The number of hydrogen-bond donors (Lipinski definition) is 0. The zero-order chi connectivity index (χ0) is 5.28. The number of rotatable bonds is 2. The van der Waals surface area contributed by atoms with Gasteiger partial charge in [-0.05, 0) is 5.92 Å². The van der Waals surface area contributed by atoms with Crippen LogP contribution < -0.4 is 0 Å². The lowest BCUT2D eigenvalue weighted by Gasteiger charge is -1.97. The first-order valence-corrected chi connectivity index (χ1v) is 3.05. The molecule has 1 rings (SSSR count). The van der Waals surface area contributed by atoms with Gasteiger partial charge in [0.05, 0.1) is 12.7 Å². The highest BCUT2D eigenvalue weighted by Gasteiger charge is 2.28. The molecule has 1 saturated heterocycles. The Morgan fingerprint density at radius 3 is 2.71 bits per heavy atom. The molecule has 0 aromatic heterocycles. The number of ether oxygens (including phenoxy) is 1. The van der Waals surface area contributed by atoms with E-state index in [0.717, 1.165) is 12.5 Å². The molecule has 0 saturated carbocycles. The molecule has 0 spiro atoms. The fourth-order valence-corrected chi connectivity index (χ4v) is 0.682. The lowest BCUT2D eigenvalue weighted by atomic mass is 10.1. The lowest BCUT2D eigenvalue weighted by molar-refractivity contribution is 0.357. The molecule has 0 amide bonds. The van der Waals surface area contributed by atoms with Gasteiger partial charge < -0.3 is 4.74 Å². The van der Waals surface area contributed by atoms with Gasteiger partial charge in [-0.1, -0.05) is 6.92 Å². The van der Waals surface area contributed by atoms with Crippen LogP contribution in [0.25, 0.3) is 0 Å². The molecule has 2 atom stereocenters. The molecule has 0 radical (unpaired) electrons. The van der Waals surface area contributed by atoms with Gasteiger partial charge in [-0.25, -0.2) is 0 Å². The summed E-state index contributed by atoms with van der Waals surface area (Å²) in [5.41, 5.74) is 0. The third-order valence-electron chi connectivity index (χ3n) is 1.24. The molecule has 42 valence electrons. The molecule has 7 heavy (non-hydrogen) atoms. The number of hydrogen-bond acceptors (Lipinski definition) is 1. The zero-order valence-corrected chi connectivity index (χ0v) is 5.11. The molecule has 0 aromatic carbocycles. The summed E-state index contributed by atoms with van der Waals surface area (Å²) in [7, 11) is 0. The van der Waals surface area contributed by atoms with Crippen molar-refractivity contribution in [3.05, 3.63) is 0 Å². The molecule has 2 unspecified atom stereocenters. The highest BCUT2D eigenvalue weighted by atomic mass is 35.5. The molecule has 0 aromatic rings. The van der Waals surface area contributed by atoms with Crippen molar-refractivity contribution in [2.24, 2.45) is 5.92 Å². The summed E-state index contributed by atoms with van der Waals surface area (Å²) in [6.07, 6.45) is 0.484. The molecule has 1 aliphatic rings. The van der Waals surface area contributed by atoms with Crippen molar-refractivity contribution in [3.63, 3.8) is 0 Å². The van der Waals surface area contributed by atoms with E-state index in [0.29, 0.717) is 12.0 Å². The highest BCUT2D eigenvalue weighted by Crippen LogP contribution is 2.19. The molecule has 1 nitrogen and oxygen atoms in total. The largest absolute Gasteiger partial charge is 0.373 e. The Hall–Kier alpha value is 0.250. The highest BCUT2D eigenvalue weighted by molar-refractivity contribution is 6.18. The van der Waals surface area contributed by atoms with Crippen LogP contribution in [0.15, 0.2) is 0 Å². The maximum atomic E-state index is 5.51. The predicted octanol–water partition coefficient (Wildman–Crippen LogP) is 1.26. The van der Waals surface area contributed by atoms with E-state index in [1.165, 1.54) is 0 Å². The van der Waals surface area contributed by atoms with E-state index in [-0.39, 0.29) is 0 Å². The van der Waals surface area contributed by atoms with Crippen LogP contribution in [0.5, 0.6) is 0 Å². The SMILES string of the molecule is CC(CCl)C1CO1. The van der Waals surface area contributed by atoms with Crippen molar-refractivity contribution in [2.75, 3.05) is 12.5 Å². The first kappa shape index (κ1) is 5.39. The minimum absolute atomic E-state index is 0.484. The summed E-state index contributed by atoms with van der Waals surface area (Å²) in [5, 5.41) is 0. The Labute approximate surface area is 48.6 Å². The molecule has 1 heterocycles. The van der Waals surface area contributed by atoms with Crippen LogP contribution in [0.2, 0.25) is 0 Å². The van der Waals surface area contributed by atoms with Crippen LogP contribution in [-0.4, -0.2) is 18.6 Å². The third kappa shape index (κ3) is 1.32. The van der Waals surface area contributed by atoms with E-state index < -0.39 is 0 Å². The van der Waals surface area contributed by atoms with Crippen LogP contribution >= 0.6 is 11.6 Å². The summed E-state index contributed by atoms with van der Waals surface area (Å²) in [5.74, 6) is 1.28. The minimum Gasteiger partial charge on any atom is -0.373 e. The first-order valence-electron chi connectivity index (χ1n) is 2.52. The van der Waals surface area contributed by atoms with Gasteiger partial charge in [-0.3, -0.25) is 0 Å². The Kier molecular flexibility index (Phi) is 1.55. The van der Waals surface area contributed by atoms with Crippen molar-refractivity contribution in [1.82, 2.24) is 0 Å². The Bertz CT molecular complexity index is 61.1. The second kappa shape index (κ2) is 2.01. The van der Waals surface area contributed by atoms with Gasteiger partial charge in [0.1, 0.15) is 0 Å². The fourth-order valence-electron chi connectivity index (χ4n) is 0.483. The second-order valence-electron chi connectivity index (χ2n) is 2.00. The average molecular weight is 121 g/mol. The van der Waals surface area contributed by atoms with Crippen LogP contribution in [0.1, 0.15) is 6.92 Å². The van der Waals surface area contributed by atoms with Crippen molar-refractivity contribution in [3.8, 4) is 0 Å². The zero-order valence-electron chi connectivity index (χ0n) is 4.36. The van der Waals surface area contributed by atoms with E-state index in [1.54, 1.807) is 0 Å². The van der Waals surface area contributed by atoms with Gasteiger partial charge in [-0.2, -0.15) is 0 Å². The summed E-state index contributed by atoms with van der Waals surface area (Å²) >= 11 is 5.51. The quantitative estimate of drug-likeness (QED) is 0.395. The van der Waals surface area contributed by atoms with Crippen LogP contribution in [0, 0.1) is 5.92 Å². The fraction of sp³-hybridized carbons (Fsp3) is 1.00. The monoisotopic (exact) mass is 120 g/mol. The summed E-state index contributed by atoms with van der Waals surface area (Å²) in [6.45, 7) is 3.03. The second-order valence-corrected chi connectivity index (χ2v) is 2.31. The smallest absolute Gasteiger partial charge is 0.0846 e. The van der Waals surface area contributed by atoms with Gasteiger partial charge in [0.25, 0.3) is 0 Å². The lowest BCUT2D eigenvalue weighted by Crippen LogP contribution is -2.03. The number of halogens is 1. The maximum absolute atomic E-state index is 5.51. The average Bonchev–Trinajstić information content (AvgIpc) is 2.44. The minimum atomic E-state index is 0.484. The topological polar surface area (TPSA) is 12.5 Å². The van der Waals surface area contributed by atoms with E-state index in [2.05, 4.69) is 6.92 Å². The van der Waals surface area contributed by atoms with E-state index in [1.807, 2.05) is 0 Å². The first-order chi connectivity index (χ1) is 3.34. The van der Waals surface area contributed by atoms with E-state index >= 15 is 0 Å². The Balaban J connectivity index is 2.10. The van der Waals surface area contributed by atoms with Gasteiger partial charge in [-0.15, -0.1) is 11.6 Å². The van der Waals surface area contributed by atoms with Crippen molar-refractivity contribution in [1.29, 1.82) is 0 Å². The normalized spacial score (nSPS) is 32.6. The van der Waals surface area contributed by atoms with Crippen molar-refractivity contribution < 1.29 is 4.74 Å². The summed E-state index contributed by atoms with van der Waals surface area (Å²) in [4.78, 5) is 0. The number of epoxide rings is 1. The maximum Gasteiger partial charge on any atom is 0.0846 e. The molecule has 1 aliphatic heterocycles. The Morgan fingerprint density at radius 2 is 2.57 bits per heavy atom. The summed E-state index contributed by atoms with van der Waals surface area (Å²) in [6, 6.07) is 0. The predicted molar refractivity (Wildman–Crippen MR) is 29.6 cm³/mol. The Morgan fingerprint density at radius 1 is 2.00 bits per heavy atom. The molecule has 0 bridgehead atoms. The molecular weight excluding hydrogens is 112 g/mol. The van der Waals surface area contributed by atoms with Crippen LogP contribution in [-0.2, 0) is 4.74 Å². The van der Waals surface area contributed by atoms with Crippen molar-refractivity contribution in [2.45, 2.75) is 13.0 Å². The molecule has 0 aliphatic carbocycles. The molecule has 1 fully saturated rings. The van der Waals surface area contributed by atoms with Crippen molar-refractivity contribution >= 4 is 11.6 Å². The number of alkyl halides is 1. The molecular formula is C5H9ClO. The summed E-state index contributed by atoms with van der Waals surface area (Å²) < 4.78 is 4.98. The third-order valence-corrected chi connectivity index (χ3v) is 1.72. The molecule has 0 N–H and O–H groups in total. The van der Waals surface area contributed by atoms with Gasteiger partial charge >= 0.3 is 0 Å². The van der Waals surface area contributed by atoms with Gasteiger partial charge in [0.15, 0.2) is 0 Å². The van der Waals surface area contributed by atoms with E-state index in [9.17, 15) is 0 Å².